The Morgan fingerprint density at radius 3 is 2.24 bits per heavy atom. The molecular weight excluding hydrogens is 227 g/mol. The first-order valence-electron chi connectivity index (χ1n) is 4.76. The summed E-state index contributed by atoms with van der Waals surface area (Å²) in [6.07, 6.45) is 0. The second-order valence-corrected chi connectivity index (χ2v) is 3.47. The number of nitriles is 1. The number of benzene rings is 2. The van der Waals surface area contributed by atoms with Gasteiger partial charge in [-0.3, -0.25) is 0 Å². The predicted octanol–water partition coefficient (Wildman–Crippen LogP) is 3.64. The monoisotopic (exact) mass is 233 g/mol. The van der Waals surface area contributed by atoms with E-state index >= 15 is 0 Å². The summed E-state index contributed by atoms with van der Waals surface area (Å²) in [5.41, 5.74) is 0.782. The lowest BCUT2D eigenvalue weighted by molar-refractivity contribution is 0.509. The van der Waals surface area contributed by atoms with Crippen LogP contribution in [0.3, 0.4) is 0 Å². The molecule has 0 amide bonds. The van der Waals surface area contributed by atoms with Crippen molar-refractivity contribution in [2.45, 2.75) is 0 Å². The van der Waals surface area contributed by atoms with E-state index in [1.807, 2.05) is 0 Å². The first kappa shape index (κ1) is 11.2. The molecule has 0 aliphatic rings. The smallest absolute Gasteiger partial charge is 0.159 e. The van der Waals surface area contributed by atoms with E-state index in [9.17, 15) is 13.2 Å². The first-order chi connectivity index (χ1) is 8.10. The Bertz CT molecular complexity index is 615. The van der Waals surface area contributed by atoms with Crippen LogP contribution >= 0.6 is 0 Å². The van der Waals surface area contributed by atoms with E-state index in [1.54, 1.807) is 6.07 Å². The van der Waals surface area contributed by atoms with Crippen LogP contribution in [0.2, 0.25) is 0 Å². The number of nitrogens with zero attached hydrogens (tertiary/aromatic N) is 1. The van der Waals surface area contributed by atoms with Gasteiger partial charge in [-0.15, -0.1) is 0 Å². The van der Waals surface area contributed by atoms with Crippen molar-refractivity contribution in [1.82, 2.24) is 0 Å². The zero-order valence-electron chi connectivity index (χ0n) is 8.55. The molecule has 0 aromatic heterocycles. The van der Waals surface area contributed by atoms with Crippen molar-refractivity contribution in [2.24, 2.45) is 0 Å². The van der Waals surface area contributed by atoms with E-state index < -0.39 is 17.5 Å². The molecule has 17 heavy (non-hydrogen) atoms. The average Bonchev–Trinajstić information content (AvgIpc) is 2.32. The molecule has 0 heterocycles. The normalized spacial score (nSPS) is 10.0. The summed E-state index contributed by atoms with van der Waals surface area (Å²) >= 11 is 0. The molecule has 0 saturated heterocycles. The van der Waals surface area contributed by atoms with Crippen molar-refractivity contribution in [1.29, 1.82) is 5.26 Å². The maximum Gasteiger partial charge on any atom is 0.159 e. The van der Waals surface area contributed by atoms with Crippen LogP contribution in [0.1, 0.15) is 5.56 Å². The van der Waals surface area contributed by atoms with Gasteiger partial charge in [0, 0.05) is 0 Å². The van der Waals surface area contributed by atoms with Gasteiger partial charge in [-0.2, -0.15) is 5.26 Å². The van der Waals surface area contributed by atoms with E-state index in [1.165, 1.54) is 12.1 Å². The third kappa shape index (κ3) is 2.28. The molecule has 0 atom stereocenters. The zero-order valence-corrected chi connectivity index (χ0v) is 8.55. The molecule has 0 unspecified atom stereocenters. The Balaban J connectivity index is 2.56. The summed E-state index contributed by atoms with van der Waals surface area (Å²) in [5.74, 6) is -2.57. The number of halogens is 3. The highest BCUT2D eigenvalue weighted by Crippen LogP contribution is 2.23. The quantitative estimate of drug-likeness (QED) is 0.737. The third-order valence-electron chi connectivity index (χ3n) is 2.28. The lowest BCUT2D eigenvalue weighted by Crippen LogP contribution is -1.88. The van der Waals surface area contributed by atoms with Crippen LogP contribution in [-0.2, 0) is 0 Å². The highest BCUT2D eigenvalue weighted by molar-refractivity contribution is 5.65. The Kier molecular flexibility index (Phi) is 2.84. The maximum absolute atomic E-state index is 13.2. The van der Waals surface area contributed by atoms with Crippen molar-refractivity contribution >= 4 is 0 Å². The summed E-state index contributed by atoms with van der Waals surface area (Å²) in [6, 6.07) is 8.69. The second-order valence-electron chi connectivity index (χ2n) is 3.47. The summed E-state index contributed by atoms with van der Waals surface area (Å²) < 4.78 is 38.9. The minimum atomic E-state index is -1.01. The van der Waals surface area contributed by atoms with Crippen molar-refractivity contribution < 1.29 is 13.2 Å². The van der Waals surface area contributed by atoms with E-state index in [2.05, 4.69) is 0 Å². The molecule has 84 valence electrons. The van der Waals surface area contributed by atoms with Crippen LogP contribution in [0, 0.1) is 28.8 Å². The summed E-state index contributed by atoms with van der Waals surface area (Å²) in [5, 5.41) is 8.68. The molecule has 0 spiro atoms. The van der Waals surface area contributed by atoms with Gasteiger partial charge in [-0.05, 0) is 41.5 Å². The fraction of sp³-hybridized carbons (Fsp3) is 0. The van der Waals surface area contributed by atoms with Gasteiger partial charge in [0.1, 0.15) is 5.82 Å². The summed E-state index contributed by atoms with van der Waals surface area (Å²) in [6.45, 7) is 0. The lowest BCUT2D eigenvalue weighted by Gasteiger charge is -2.03. The molecule has 0 saturated carbocycles. The minimum Gasteiger partial charge on any atom is -0.207 e. The third-order valence-corrected chi connectivity index (χ3v) is 2.28. The van der Waals surface area contributed by atoms with E-state index in [4.69, 9.17) is 5.26 Å². The van der Waals surface area contributed by atoms with Crippen LogP contribution < -0.4 is 0 Å². The summed E-state index contributed by atoms with van der Waals surface area (Å²) in [4.78, 5) is 0. The Labute approximate surface area is 95.7 Å². The van der Waals surface area contributed by atoms with Gasteiger partial charge < -0.3 is 0 Å². The van der Waals surface area contributed by atoms with Crippen molar-refractivity contribution in [3.63, 3.8) is 0 Å². The molecule has 0 aliphatic heterocycles. The number of hydrogen-bond acceptors (Lipinski definition) is 1. The SMILES string of the molecule is N#Cc1cc(F)cc(-c2ccc(F)c(F)c2)c1. The molecule has 0 bridgehead atoms. The first-order valence-corrected chi connectivity index (χ1v) is 4.76. The van der Waals surface area contributed by atoms with E-state index in [0.29, 0.717) is 11.1 Å². The van der Waals surface area contributed by atoms with Crippen molar-refractivity contribution in [3.8, 4) is 17.2 Å². The van der Waals surface area contributed by atoms with Crippen LogP contribution in [-0.4, -0.2) is 0 Å². The van der Waals surface area contributed by atoms with Gasteiger partial charge >= 0.3 is 0 Å². The average molecular weight is 233 g/mol. The van der Waals surface area contributed by atoms with Crippen molar-refractivity contribution in [2.75, 3.05) is 0 Å². The van der Waals surface area contributed by atoms with Crippen molar-refractivity contribution in [3.05, 3.63) is 59.4 Å². The largest absolute Gasteiger partial charge is 0.207 e. The standard InChI is InChI=1S/C13H6F3N/c14-11-4-8(7-17)3-10(5-11)9-1-2-12(15)13(16)6-9/h1-6H. The van der Waals surface area contributed by atoms with Gasteiger partial charge in [-0.25, -0.2) is 13.2 Å². The topological polar surface area (TPSA) is 23.8 Å². The molecule has 0 N–H and O–H groups in total. The van der Waals surface area contributed by atoms with Gasteiger partial charge in [0.15, 0.2) is 11.6 Å². The number of rotatable bonds is 1. The number of hydrogen-bond donors (Lipinski definition) is 0. The van der Waals surface area contributed by atoms with E-state index in [0.717, 1.165) is 24.3 Å². The molecule has 2 aromatic carbocycles. The Morgan fingerprint density at radius 2 is 1.59 bits per heavy atom. The second kappa shape index (κ2) is 4.30. The van der Waals surface area contributed by atoms with Crippen LogP contribution in [0.25, 0.3) is 11.1 Å². The van der Waals surface area contributed by atoms with E-state index in [-0.39, 0.29) is 5.56 Å². The van der Waals surface area contributed by atoms with Gasteiger partial charge in [0.05, 0.1) is 11.6 Å². The molecule has 0 aliphatic carbocycles. The molecule has 2 rings (SSSR count). The Hall–Kier alpha value is -2.28. The van der Waals surface area contributed by atoms with Crippen LogP contribution in [0.5, 0.6) is 0 Å². The van der Waals surface area contributed by atoms with Gasteiger partial charge in [0.25, 0.3) is 0 Å². The molecule has 1 nitrogen and oxygen atoms in total. The minimum absolute atomic E-state index is 0.129. The van der Waals surface area contributed by atoms with Gasteiger partial charge in [-0.1, -0.05) is 6.07 Å². The molecule has 0 radical (unpaired) electrons. The molecular formula is C13H6F3N. The molecule has 0 fully saturated rings. The fourth-order valence-corrected chi connectivity index (χ4v) is 1.50. The highest BCUT2D eigenvalue weighted by Gasteiger charge is 2.07. The zero-order chi connectivity index (χ0) is 12.4. The highest BCUT2D eigenvalue weighted by atomic mass is 19.2. The summed E-state index contributed by atoms with van der Waals surface area (Å²) in [7, 11) is 0. The predicted molar refractivity (Wildman–Crippen MR) is 56.5 cm³/mol. The van der Waals surface area contributed by atoms with Gasteiger partial charge in [0.2, 0.25) is 0 Å². The maximum atomic E-state index is 13.2. The van der Waals surface area contributed by atoms with Crippen LogP contribution in [0.4, 0.5) is 13.2 Å². The van der Waals surface area contributed by atoms with Crippen LogP contribution in [0.15, 0.2) is 36.4 Å². The fourth-order valence-electron chi connectivity index (χ4n) is 1.50. The molecule has 2 aromatic rings. The lowest BCUT2D eigenvalue weighted by atomic mass is 10.0. The Morgan fingerprint density at radius 1 is 0.824 bits per heavy atom. The molecule has 4 heteroatoms.